The fourth-order valence-electron chi connectivity index (χ4n) is 0.959. The number of ether oxygens (including phenoxy) is 1. The summed E-state index contributed by atoms with van der Waals surface area (Å²) < 4.78 is 5.04. The summed E-state index contributed by atoms with van der Waals surface area (Å²) in [6.45, 7) is 0.648. The van der Waals surface area contributed by atoms with Crippen molar-refractivity contribution in [2.45, 2.75) is 18.9 Å². The van der Waals surface area contributed by atoms with Crippen LogP contribution in [-0.4, -0.2) is 24.4 Å². The number of carbonyl (C=O) groups excluding carboxylic acids is 1. The van der Waals surface area contributed by atoms with Gasteiger partial charge in [0.2, 0.25) is 0 Å². The molecule has 0 saturated carbocycles. The van der Waals surface area contributed by atoms with E-state index >= 15 is 0 Å². The van der Waals surface area contributed by atoms with Gasteiger partial charge in [0, 0.05) is 12.7 Å². The van der Waals surface area contributed by atoms with E-state index in [2.05, 4.69) is 0 Å². The monoisotopic (exact) mass is 138 g/mol. The normalized spacial score (nSPS) is 23.8. The van der Waals surface area contributed by atoms with Crippen molar-refractivity contribution in [2.75, 3.05) is 6.61 Å². The number of nitrogens with zero attached hydrogens (tertiary/aromatic N) is 1. The molecule has 0 bridgehead atoms. The Hall–Kier alpha value is -0.920. The average Bonchev–Trinajstić information content (AvgIpc) is 2.38. The van der Waals surface area contributed by atoms with E-state index in [-0.39, 0.29) is 11.9 Å². The highest BCUT2D eigenvalue weighted by Gasteiger charge is 2.20. The molecule has 1 aliphatic heterocycles. The van der Waals surface area contributed by atoms with Crippen LogP contribution in [0.15, 0.2) is 6.08 Å². The van der Waals surface area contributed by atoms with E-state index in [1.54, 1.807) is 5.87 Å². The summed E-state index contributed by atoms with van der Waals surface area (Å²) in [6.07, 6.45) is 2.36. The topological polar surface area (TPSA) is 48.6 Å². The van der Waals surface area contributed by atoms with Gasteiger partial charge < -0.3 is 10.1 Å². The molecule has 1 aliphatic rings. The molecule has 0 spiro atoms. The third kappa shape index (κ3) is 1.53. The lowest BCUT2D eigenvalue weighted by molar-refractivity contribution is -0.122. The number of hydrogen-bond acceptors (Lipinski definition) is 2. The van der Waals surface area contributed by atoms with Crippen LogP contribution in [0.4, 0.5) is 0 Å². The van der Waals surface area contributed by atoms with Gasteiger partial charge >= 0.3 is 0 Å². The molecule has 54 valence electrons. The molecular formula is C7H8NO2-. The van der Waals surface area contributed by atoms with Crippen molar-refractivity contribution < 1.29 is 9.53 Å². The average molecular weight is 138 g/mol. The molecule has 0 radical (unpaired) electrons. The van der Waals surface area contributed by atoms with Crippen LogP contribution in [0.2, 0.25) is 0 Å². The fourth-order valence-corrected chi connectivity index (χ4v) is 0.959. The minimum Gasteiger partial charge on any atom is -0.763 e. The molecule has 0 aromatic heterocycles. The zero-order chi connectivity index (χ0) is 7.40. The Morgan fingerprint density at radius 1 is 1.80 bits per heavy atom. The first-order chi connectivity index (χ1) is 4.84. The molecule has 1 fully saturated rings. The highest BCUT2D eigenvalue weighted by molar-refractivity contribution is 6.00. The van der Waals surface area contributed by atoms with Crippen molar-refractivity contribution in [1.82, 2.24) is 0 Å². The molecule has 3 heteroatoms. The quantitative estimate of drug-likeness (QED) is 0.412. The van der Waals surface area contributed by atoms with Gasteiger partial charge in [-0.05, 0) is 12.8 Å². The number of carbonyl (C=O) groups is 1. The van der Waals surface area contributed by atoms with Gasteiger partial charge in [0.15, 0.2) is 5.78 Å². The molecule has 0 N–H and O–H groups in total. The van der Waals surface area contributed by atoms with Crippen LogP contribution < -0.4 is 0 Å². The Kier molecular flexibility index (Phi) is 2.37. The third-order valence-electron chi connectivity index (χ3n) is 1.45. The number of hydrogen-bond donors (Lipinski definition) is 0. The Morgan fingerprint density at radius 3 is 3.10 bits per heavy atom. The van der Waals surface area contributed by atoms with Gasteiger partial charge in [-0.15, -0.1) is 0 Å². The molecule has 1 heterocycles. The highest BCUT2D eigenvalue weighted by Crippen LogP contribution is 2.12. The summed E-state index contributed by atoms with van der Waals surface area (Å²) in [7, 11) is 0. The van der Waals surface area contributed by atoms with Crippen molar-refractivity contribution in [3.63, 3.8) is 0 Å². The first kappa shape index (κ1) is 7.19. The van der Waals surface area contributed by atoms with Crippen LogP contribution in [0.3, 0.4) is 0 Å². The SMILES string of the molecule is [N-]=C=CC(=O)C1CCCO1. The first-order valence-electron chi connectivity index (χ1n) is 3.23. The van der Waals surface area contributed by atoms with Crippen molar-refractivity contribution in [1.29, 1.82) is 0 Å². The lowest BCUT2D eigenvalue weighted by Crippen LogP contribution is -2.16. The van der Waals surface area contributed by atoms with Gasteiger partial charge in [0.05, 0.1) is 0 Å². The number of ketones is 1. The van der Waals surface area contributed by atoms with Gasteiger partial charge in [0.25, 0.3) is 0 Å². The Morgan fingerprint density at radius 2 is 2.60 bits per heavy atom. The van der Waals surface area contributed by atoms with Crippen LogP contribution in [-0.2, 0) is 9.53 Å². The summed E-state index contributed by atoms with van der Waals surface area (Å²) in [4.78, 5) is 10.8. The molecule has 0 aromatic carbocycles. The van der Waals surface area contributed by atoms with Crippen LogP contribution in [0.25, 0.3) is 5.41 Å². The molecule has 0 aromatic rings. The standard InChI is InChI=1S/C7H8NO2/c8-4-3-6(9)7-2-1-5-10-7/h3,7H,1-2,5H2/q-1. The van der Waals surface area contributed by atoms with E-state index in [1.165, 1.54) is 0 Å². The van der Waals surface area contributed by atoms with Crippen molar-refractivity contribution in [3.05, 3.63) is 11.5 Å². The van der Waals surface area contributed by atoms with Gasteiger partial charge in [-0.1, -0.05) is 0 Å². The maximum atomic E-state index is 10.8. The second kappa shape index (κ2) is 3.30. The second-order valence-corrected chi connectivity index (χ2v) is 2.18. The maximum Gasteiger partial charge on any atom is 0.190 e. The van der Waals surface area contributed by atoms with E-state index in [4.69, 9.17) is 10.1 Å². The molecule has 1 atom stereocenters. The zero-order valence-electron chi connectivity index (χ0n) is 5.54. The summed E-state index contributed by atoms with van der Waals surface area (Å²) in [5, 5.41) is 8.12. The molecule has 1 unspecified atom stereocenters. The van der Waals surface area contributed by atoms with Crippen molar-refractivity contribution in [2.24, 2.45) is 0 Å². The Labute approximate surface area is 59.2 Å². The largest absolute Gasteiger partial charge is 0.763 e. The smallest absolute Gasteiger partial charge is 0.190 e. The highest BCUT2D eigenvalue weighted by atomic mass is 16.5. The minimum atomic E-state index is -0.334. The van der Waals surface area contributed by atoms with Crippen LogP contribution in [0, 0.1) is 0 Å². The van der Waals surface area contributed by atoms with E-state index in [0.29, 0.717) is 6.61 Å². The molecule has 0 aliphatic carbocycles. The van der Waals surface area contributed by atoms with Crippen LogP contribution in [0.1, 0.15) is 12.8 Å². The summed E-state index contributed by atoms with van der Waals surface area (Å²) >= 11 is 0. The van der Waals surface area contributed by atoms with Crippen molar-refractivity contribution in [3.8, 4) is 0 Å². The predicted octanol–water partition coefficient (Wildman–Crippen LogP) is 0.530. The molecule has 0 amide bonds. The lowest BCUT2D eigenvalue weighted by Gasteiger charge is -2.01. The molecular weight excluding hydrogens is 130 g/mol. The molecule has 10 heavy (non-hydrogen) atoms. The summed E-state index contributed by atoms with van der Waals surface area (Å²) in [5.41, 5.74) is 0. The van der Waals surface area contributed by atoms with Gasteiger partial charge in [-0.25, -0.2) is 0 Å². The van der Waals surface area contributed by atoms with E-state index in [0.717, 1.165) is 18.9 Å². The summed E-state index contributed by atoms with van der Waals surface area (Å²) in [5.74, 6) is 1.50. The predicted molar refractivity (Wildman–Crippen MR) is 36.9 cm³/mol. The molecule has 1 saturated heterocycles. The third-order valence-corrected chi connectivity index (χ3v) is 1.45. The van der Waals surface area contributed by atoms with Crippen LogP contribution in [0.5, 0.6) is 0 Å². The first-order valence-corrected chi connectivity index (χ1v) is 3.23. The molecule has 3 nitrogen and oxygen atoms in total. The second-order valence-electron chi connectivity index (χ2n) is 2.18. The molecule has 1 rings (SSSR count). The maximum absolute atomic E-state index is 10.8. The zero-order valence-corrected chi connectivity index (χ0v) is 5.54. The Balaban J connectivity index is 2.47. The van der Waals surface area contributed by atoms with Crippen molar-refractivity contribution >= 4 is 11.7 Å². The van der Waals surface area contributed by atoms with Gasteiger partial charge in [0.1, 0.15) is 6.10 Å². The van der Waals surface area contributed by atoms with Crippen LogP contribution >= 0.6 is 0 Å². The lowest BCUT2D eigenvalue weighted by atomic mass is 10.2. The minimum absolute atomic E-state index is 0.194. The van der Waals surface area contributed by atoms with E-state index in [9.17, 15) is 4.79 Å². The van der Waals surface area contributed by atoms with E-state index in [1.807, 2.05) is 0 Å². The van der Waals surface area contributed by atoms with E-state index < -0.39 is 0 Å². The number of rotatable bonds is 2. The summed E-state index contributed by atoms with van der Waals surface area (Å²) in [6, 6.07) is 0. The fraction of sp³-hybridized carbons (Fsp3) is 0.571. The Bertz CT molecular complexity index is 176. The van der Waals surface area contributed by atoms with Gasteiger partial charge in [-0.3, -0.25) is 10.7 Å². The van der Waals surface area contributed by atoms with Gasteiger partial charge in [-0.2, -0.15) is 0 Å².